The summed E-state index contributed by atoms with van der Waals surface area (Å²) >= 11 is 0. The van der Waals surface area contributed by atoms with Crippen LogP contribution in [-0.4, -0.2) is 5.78 Å². The Bertz CT molecular complexity index is 573. The van der Waals surface area contributed by atoms with Crippen molar-refractivity contribution in [1.82, 2.24) is 0 Å². The summed E-state index contributed by atoms with van der Waals surface area (Å²) in [6.07, 6.45) is 13.5. The van der Waals surface area contributed by atoms with E-state index in [1.54, 1.807) is 0 Å². The van der Waals surface area contributed by atoms with Gasteiger partial charge in [0, 0.05) is 11.8 Å². The van der Waals surface area contributed by atoms with Gasteiger partial charge in [0.15, 0.2) is 0 Å². The molecule has 23 heavy (non-hydrogen) atoms. The maximum atomic E-state index is 12.6. The highest BCUT2D eigenvalue weighted by molar-refractivity contribution is 5.85. The van der Waals surface area contributed by atoms with Crippen molar-refractivity contribution in [1.29, 1.82) is 0 Å². The summed E-state index contributed by atoms with van der Waals surface area (Å²) in [6.45, 7) is 12.2. The molecule has 0 spiro atoms. The molecule has 3 saturated carbocycles. The average molecular weight is 315 g/mol. The summed E-state index contributed by atoms with van der Waals surface area (Å²) in [7, 11) is 0. The highest BCUT2D eigenvalue weighted by Gasteiger charge is 2.66. The van der Waals surface area contributed by atoms with Crippen LogP contribution in [0.1, 0.15) is 79.6 Å². The first-order valence-corrected chi connectivity index (χ1v) is 9.86. The summed E-state index contributed by atoms with van der Waals surface area (Å²) in [5.41, 5.74) is 1.15. The summed E-state index contributed by atoms with van der Waals surface area (Å²) in [5.74, 6) is 2.69. The molecule has 0 heterocycles. The van der Waals surface area contributed by atoms with E-state index in [4.69, 9.17) is 0 Å². The Morgan fingerprint density at radius 2 is 1.65 bits per heavy atom. The quantitative estimate of drug-likeness (QED) is 0.517. The zero-order valence-electron chi connectivity index (χ0n) is 15.7. The number of fused-ring (bicyclic) bond motifs is 5. The first-order chi connectivity index (χ1) is 10.7. The molecular formula is C22H34O. The van der Waals surface area contributed by atoms with Crippen molar-refractivity contribution in [2.45, 2.75) is 79.6 Å². The van der Waals surface area contributed by atoms with Gasteiger partial charge >= 0.3 is 0 Å². The standard InChI is InChI=1S/C22H34O/c1-19(2)16-10-14-22(5)17(20(16,3)13-11-18(19)23)9-8-15-7-6-12-21(15,22)4/h6-7,15-17H,8-14H2,1-5H3/t15-,16+,17-,20+,21?,22?/m0/s1. The normalized spacial score (nSPS) is 54.3. The third-order valence-electron chi connectivity index (χ3n) is 9.59. The first-order valence-electron chi connectivity index (χ1n) is 9.86. The Kier molecular flexibility index (Phi) is 3.13. The lowest BCUT2D eigenvalue weighted by Gasteiger charge is -2.68. The number of hydrogen-bond donors (Lipinski definition) is 0. The average Bonchev–Trinajstić information content (AvgIpc) is 2.86. The SMILES string of the molecule is CC1(C)C(=O)CC[C@]2(C)[C@@H]1CCC1(C)[C@H]2CC[C@@H]2C=CCC21C. The Morgan fingerprint density at radius 1 is 0.913 bits per heavy atom. The van der Waals surface area contributed by atoms with Crippen LogP contribution in [-0.2, 0) is 4.79 Å². The number of ketones is 1. The first kappa shape index (κ1) is 15.9. The van der Waals surface area contributed by atoms with E-state index in [0.29, 0.717) is 27.9 Å². The van der Waals surface area contributed by atoms with Crippen LogP contribution in [0.25, 0.3) is 0 Å². The van der Waals surface area contributed by atoms with Crippen molar-refractivity contribution in [3.8, 4) is 0 Å². The van der Waals surface area contributed by atoms with E-state index < -0.39 is 0 Å². The van der Waals surface area contributed by atoms with Crippen LogP contribution in [0.15, 0.2) is 12.2 Å². The Balaban J connectivity index is 1.77. The number of rotatable bonds is 0. The molecule has 0 radical (unpaired) electrons. The number of carbonyl (C=O) groups excluding carboxylic acids is 1. The van der Waals surface area contributed by atoms with Gasteiger partial charge in [-0.05, 0) is 72.5 Å². The van der Waals surface area contributed by atoms with Crippen LogP contribution in [0.2, 0.25) is 0 Å². The predicted molar refractivity (Wildman–Crippen MR) is 95.0 cm³/mol. The van der Waals surface area contributed by atoms with Crippen molar-refractivity contribution in [2.75, 3.05) is 0 Å². The predicted octanol–water partition coefficient (Wildman–Crippen LogP) is 5.79. The van der Waals surface area contributed by atoms with Crippen molar-refractivity contribution in [3.05, 3.63) is 12.2 Å². The molecule has 4 rings (SSSR count). The minimum absolute atomic E-state index is 0.111. The third kappa shape index (κ3) is 1.72. The smallest absolute Gasteiger partial charge is 0.138 e. The van der Waals surface area contributed by atoms with E-state index in [-0.39, 0.29) is 5.41 Å². The second kappa shape index (κ2) is 4.52. The lowest BCUT2D eigenvalue weighted by Crippen LogP contribution is -2.63. The second-order valence-corrected chi connectivity index (χ2v) is 10.4. The fraction of sp³-hybridized carbons (Fsp3) is 0.864. The third-order valence-corrected chi connectivity index (χ3v) is 9.59. The molecule has 0 aliphatic heterocycles. The van der Waals surface area contributed by atoms with Gasteiger partial charge in [-0.1, -0.05) is 46.8 Å². The highest BCUT2D eigenvalue weighted by Crippen LogP contribution is 2.73. The zero-order chi connectivity index (χ0) is 16.7. The van der Waals surface area contributed by atoms with Gasteiger partial charge in [0.1, 0.15) is 5.78 Å². The molecule has 6 atom stereocenters. The highest BCUT2D eigenvalue weighted by atomic mass is 16.1. The van der Waals surface area contributed by atoms with E-state index in [9.17, 15) is 4.79 Å². The van der Waals surface area contributed by atoms with Crippen LogP contribution in [0.3, 0.4) is 0 Å². The Labute approximate surface area is 142 Å². The molecule has 0 aromatic rings. The topological polar surface area (TPSA) is 17.1 Å². The van der Waals surface area contributed by atoms with Gasteiger partial charge in [-0.15, -0.1) is 0 Å². The van der Waals surface area contributed by atoms with Crippen LogP contribution < -0.4 is 0 Å². The molecule has 4 aliphatic rings. The molecule has 128 valence electrons. The van der Waals surface area contributed by atoms with Crippen molar-refractivity contribution in [3.63, 3.8) is 0 Å². The molecule has 0 N–H and O–H groups in total. The van der Waals surface area contributed by atoms with Gasteiger partial charge in [0.25, 0.3) is 0 Å². The van der Waals surface area contributed by atoms with Gasteiger partial charge < -0.3 is 0 Å². The molecule has 0 bridgehead atoms. The molecule has 3 fully saturated rings. The largest absolute Gasteiger partial charge is 0.299 e. The lowest BCUT2D eigenvalue weighted by atomic mass is 9.36. The van der Waals surface area contributed by atoms with Crippen LogP contribution in [0.4, 0.5) is 0 Å². The fourth-order valence-corrected chi connectivity index (χ4v) is 7.94. The molecule has 1 nitrogen and oxygen atoms in total. The van der Waals surface area contributed by atoms with E-state index in [1.165, 1.54) is 32.1 Å². The van der Waals surface area contributed by atoms with E-state index in [2.05, 4.69) is 46.8 Å². The Morgan fingerprint density at radius 3 is 2.39 bits per heavy atom. The van der Waals surface area contributed by atoms with Crippen LogP contribution in [0, 0.1) is 39.4 Å². The molecule has 2 unspecified atom stereocenters. The summed E-state index contributed by atoms with van der Waals surface area (Å²) in [5, 5.41) is 0. The van der Waals surface area contributed by atoms with Gasteiger partial charge in [-0.25, -0.2) is 0 Å². The van der Waals surface area contributed by atoms with Crippen molar-refractivity contribution < 1.29 is 4.79 Å². The Hall–Kier alpha value is -0.590. The van der Waals surface area contributed by atoms with Crippen LogP contribution >= 0.6 is 0 Å². The molecule has 0 aromatic heterocycles. The number of carbonyl (C=O) groups is 1. The zero-order valence-corrected chi connectivity index (χ0v) is 15.7. The van der Waals surface area contributed by atoms with E-state index in [1.807, 2.05) is 0 Å². The fourth-order valence-electron chi connectivity index (χ4n) is 7.94. The molecule has 1 heteroatoms. The molecule has 0 saturated heterocycles. The van der Waals surface area contributed by atoms with Gasteiger partial charge in [0.2, 0.25) is 0 Å². The summed E-state index contributed by atoms with van der Waals surface area (Å²) in [6, 6.07) is 0. The maximum Gasteiger partial charge on any atom is 0.138 e. The second-order valence-electron chi connectivity index (χ2n) is 10.4. The lowest BCUT2D eigenvalue weighted by molar-refractivity contribution is -0.197. The summed E-state index contributed by atoms with van der Waals surface area (Å²) in [4.78, 5) is 12.6. The summed E-state index contributed by atoms with van der Waals surface area (Å²) < 4.78 is 0. The van der Waals surface area contributed by atoms with E-state index >= 15 is 0 Å². The number of hydrogen-bond acceptors (Lipinski definition) is 1. The van der Waals surface area contributed by atoms with Crippen molar-refractivity contribution in [2.24, 2.45) is 39.4 Å². The minimum Gasteiger partial charge on any atom is -0.299 e. The maximum absolute atomic E-state index is 12.6. The van der Waals surface area contributed by atoms with Gasteiger partial charge in [-0.3, -0.25) is 4.79 Å². The van der Waals surface area contributed by atoms with Gasteiger partial charge in [0.05, 0.1) is 0 Å². The van der Waals surface area contributed by atoms with Crippen molar-refractivity contribution >= 4 is 5.78 Å². The van der Waals surface area contributed by atoms with E-state index in [0.717, 1.165) is 24.7 Å². The molecule has 4 aliphatic carbocycles. The van der Waals surface area contributed by atoms with Gasteiger partial charge in [-0.2, -0.15) is 0 Å². The number of Topliss-reactive ketones (excluding diaryl/α,β-unsaturated/α-hetero) is 1. The van der Waals surface area contributed by atoms with Crippen LogP contribution in [0.5, 0.6) is 0 Å². The number of allylic oxidation sites excluding steroid dienone is 2. The monoisotopic (exact) mass is 314 g/mol. The minimum atomic E-state index is -0.111. The molecule has 0 aromatic carbocycles. The molecular weight excluding hydrogens is 280 g/mol. The molecule has 0 amide bonds.